The van der Waals surface area contributed by atoms with Gasteiger partial charge in [0.25, 0.3) is 0 Å². The lowest BCUT2D eigenvalue weighted by atomic mass is 10.3. The number of halogens is 1. The molecule has 0 saturated heterocycles. The summed E-state index contributed by atoms with van der Waals surface area (Å²) in [5.74, 6) is -0.493. The van der Waals surface area contributed by atoms with Gasteiger partial charge in [0.05, 0.1) is 10.7 Å². The monoisotopic (exact) mass is 290 g/mol. The number of phenols is 1. The van der Waals surface area contributed by atoms with E-state index in [-0.39, 0.29) is 21.6 Å². The number of benzene rings is 1. The largest absolute Gasteiger partial charge is 0.504 e. The van der Waals surface area contributed by atoms with Gasteiger partial charge in [-0.15, -0.1) is 0 Å². The summed E-state index contributed by atoms with van der Waals surface area (Å²) < 4.78 is 26.9. The molecule has 1 fully saturated rings. The highest BCUT2D eigenvalue weighted by molar-refractivity contribution is 7.89. The fourth-order valence-electron chi connectivity index (χ4n) is 2.14. The normalized spacial score (nSPS) is 17.2. The maximum Gasteiger partial charge on any atom is 0.246 e. The summed E-state index contributed by atoms with van der Waals surface area (Å²) in [7, 11) is -3.84. The third-order valence-electron chi connectivity index (χ3n) is 3.06. The molecule has 0 bridgehead atoms. The van der Waals surface area contributed by atoms with E-state index in [0.29, 0.717) is 0 Å². The van der Waals surface area contributed by atoms with Gasteiger partial charge in [-0.3, -0.25) is 0 Å². The molecule has 5 nitrogen and oxygen atoms in total. The van der Waals surface area contributed by atoms with E-state index >= 15 is 0 Å². The van der Waals surface area contributed by atoms with Gasteiger partial charge in [0.15, 0.2) is 5.75 Å². The van der Waals surface area contributed by atoms with Crippen LogP contribution in [0.15, 0.2) is 17.0 Å². The lowest BCUT2D eigenvalue weighted by Gasteiger charge is -2.15. The summed E-state index contributed by atoms with van der Waals surface area (Å²) in [6.07, 6.45) is 3.62. The van der Waals surface area contributed by atoms with Gasteiger partial charge in [-0.25, -0.2) is 13.1 Å². The number of anilines is 1. The average molecular weight is 291 g/mol. The topological polar surface area (TPSA) is 92.4 Å². The van der Waals surface area contributed by atoms with E-state index in [1.807, 2.05) is 0 Å². The minimum Gasteiger partial charge on any atom is -0.504 e. The van der Waals surface area contributed by atoms with Crippen LogP contribution >= 0.6 is 11.6 Å². The highest BCUT2D eigenvalue weighted by Gasteiger charge is 2.28. The molecule has 0 atom stereocenters. The first-order chi connectivity index (χ1) is 8.42. The molecule has 0 radical (unpaired) electrons. The molecule has 100 valence electrons. The van der Waals surface area contributed by atoms with E-state index in [4.69, 9.17) is 17.3 Å². The molecule has 0 unspecified atom stereocenters. The number of nitrogens with two attached hydrogens (primary N) is 1. The zero-order valence-corrected chi connectivity index (χ0v) is 11.3. The van der Waals surface area contributed by atoms with Crippen molar-refractivity contribution in [3.63, 3.8) is 0 Å². The van der Waals surface area contributed by atoms with E-state index < -0.39 is 15.8 Å². The second kappa shape index (κ2) is 4.95. The minimum atomic E-state index is -3.84. The number of hydrogen-bond donors (Lipinski definition) is 3. The van der Waals surface area contributed by atoms with Crippen LogP contribution in [0, 0.1) is 0 Å². The number of nitrogen functional groups attached to an aromatic ring is 1. The van der Waals surface area contributed by atoms with Crippen LogP contribution in [-0.2, 0) is 10.0 Å². The number of sulfonamides is 1. The summed E-state index contributed by atoms with van der Waals surface area (Å²) in [4.78, 5) is -0.337. The van der Waals surface area contributed by atoms with Crippen molar-refractivity contribution in [2.24, 2.45) is 0 Å². The van der Waals surface area contributed by atoms with Crippen molar-refractivity contribution < 1.29 is 13.5 Å². The predicted molar refractivity (Wildman–Crippen MR) is 70.1 cm³/mol. The number of phenolic OH excluding ortho intramolecular Hbond substituents is 1. The molecule has 2 rings (SSSR count). The Morgan fingerprint density at radius 1 is 1.33 bits per heavy atom. The van der Waals surface area contributed by atoms with E-state index in [1.54, 1.807) is 0 Å². The number of hydrogen-bond acceptors (Lipinski definition) is 4. The van der Waals surface area contributed by atoms with Gasteiger partial charge in [0, 0.05) is 6.04 Å². The quantitative estimate of drug-likeness (QED) is 0.585. The predicted octanol–water partition coefficient (Wildman–Crippen LogP) is 1.85. The van der Waals surface area contributed by atoms with Gasteiger partial charge in [0.2, 0.25) is 10.0 Å². The highest BCUT2D eigenvalue weighted by atomic mass is 35.5. The Bertz CT molecular complexity index is 554. The zero-order valence-electron chi connectivity index (χ0n) is 9.69. The molecule has 1 aromatic carbocycles. The van der Waals surface area contributed by atoms with Crippen LogP contribution in [-0.4, -0.2) is 19.6 Å². The molecular formula is C11H15ClN2O3S. The van der Waals surface area contributed by atoms with E-state index in [1.165, 1.54) is 12.1 Å². The number of aromatic hydroxyl groups is 1. The molecule has 0 aromatic heterocycles. The van der Waals surface area contributed by atoms with Crippen LogP contribution in [0.2, 0.25) is 5.02 Å². The molecule has 0 amide bonds. The maximum atomic E-state index is 12.2. The lowest BCUT2D eigenvalue weighted by molar-refractivity contribution is 0.459. The van der Waals surface area contributed by atoms with Gasteiger partial charge in [0.1, 0.15) is 4.90 Å². The SMILES string of the molecule is Nc1ccc(Cl)c(S(=O)(=O)NC2CCCC2)c1O. The van der Waals surface area contributed by atoms with Crippen molar-refractivity contribution in [2.75, 3.05) is 5.73 Å². The third kappa shape index (κ3) is 2.55. The summed E-state index contributed by atoms with van der Waals surface area (Å²) in [5, 5.41) is 9.72. The van der Waals surface area contributed by atoms with Crippen molar-refractivity contribution >= 4 is 27.3 Å². The van der Waals surface area contributed by atoms with E-state index in [0.717, 1.165) is 25.7 Å². The smallest absolute Gasteiger partial charge is 0.246 e. The molecule has 1 aliphatic carbocycles. The Hall–Kier alpha value is -0.980. The summed E-state index contributed by atoms with van der Waals surface area (Å²) in [5.41, 5.74) is 5.49. The Labute approximate surface area is 111 Å². The maximum absolute atomic E-state index is 12.2. The van der Waals surface area contributed by atoms with Gasteiger partial charge in [-0.2, -0.15) is 0 Å². The average Bonchev–Trinajstić information content (AvgIpc) is 2.75. The molecule has 18 heavy (non-hydrogen) atoms. The van der Waals surface area contributed by atoms with Crippen LogP contribution in [0.25, 0.3) is 0 Å². The van der Waals surface area contributed by atoms with Crippen LogP contribution in [0.4, 0.5) is 5.69 Å². The van der Waals surface area contributed by atoms with Crippen LogP contribution in [0.3, 0.4) is 0 Å². The Balaban J connectivity index is 2.37. The van der Waals surface area contributed by atoms with E-state index in [9.17, 15) is 13.5 Å². The Kier molecular flexibility index (Phi) is 3.70. The molecule has 0 spiro atoms. The second-order valence-electron chi connectivity index (χ2n) is 4.42. The van der Waals surface area contributed by atoms with Gasteiger partial charge < -0.3 is 10.8 Å². The van der Waals surface area contributed by atoms with Crippen molar-refractivity contribution in [1.82, 2.24) is 4.72 Å². The van der Waals surface area contributed by atoms with Gasteiger partial charge in [-0.1, -0.05) is 24.4 Å². The highest BCUT2D eigenvalue weighted by Crippen LogP contribution is 2.35. The molecule has 0 aliphatic heterocycles. The van der Waals surface area contributed by atoms with Crippen molar-refractivity contribution in [3.05, 3.63) is 17.2 Å². The van der Waals surface area contributed by atoms with Crippen LogP contribution in [0.5, 0.6) is 5.75 Å². The Morgan fingerprint density at radius 3 is 2.56 bits per heavy atom. The van der Waals surface area contributed by atoms with Gasteiger partial charge >= 0.3 is 0 Å². The summed E-state index contributed by atoms with van der Waals surface area (Å²) in [6, 6.07) is 2.64. The zero-order chi connectivity index (χ0) is 13.3. The molecule has 1 aliphatic rings. The van der Waals surface area contributed by atoms with Crippen LogP contribution < -0.4 is 10.5 Å². The molecule has 0 heterocycles. The number of nitrogens with one attached hydrogen (secondary N) is 1. The van der Waals surface area contributed by atoms with E-state index in [2.05, 4.69) is 4.72 Å². The van der Waals surface area contributed by atoms with Crippen molar-refractivity contribution in [3.8, 4) is 5.75 Å². The fraction of sp³-hybridized carbons (Fsp3) is 0.455. The third-order valence-corrected chi connectivity index (χ3v) is 5.08. The van der Waals surface area contributed by atoms with Crippen molar-refractivity contribution in [1.29, 1.82) is 0 Å². The number of rotatable bonds is 3. The molecule has 4 N–H and O–H groups in total. The van der Waals surface area contributed by atoms with Gasteiger partial charge in [-0.05, 0) is 25.0 Å². The Morgan fingerprint density at radius 2 is 1.94 bits per heavy atom. The van der Waals surface area contributed by atoms with Crippen LogP contribution in [0.1, 0.15) is 25.7 Å². The molecule has 1 saturated carbocycles. The minimum absolute atomic E-state index is 0.00815. The molecule has 7 heteroatoms. The lowest BCUT2D eigenvalue weighted by Crippen LogP contribution is -2.32. The standard InChI is InChI=1S/C11H15ClN2O3S/c12-8-5-6-9(13)10(15)11(8)18(16,17)14-7-3-1-2-4-7/h5-7,14-15H,1-4,13H2. The van der Waals surface area contributed by atoms with Crippen molar-refractivity contribution in [2.45, 2.75) is 36.6 Å². The summed E-state index contributed by atoms with van der Waals surface area (Å²) in [6.45, 7) is 0. The first kappa shape index (κ1) is 13.5. The summed E-state index contributed by atoms with van der Waals surface area (Å²) >= 11 is 5.84. The first-order valence-corrected chi connectivity index (χ1v) is 7.57. The molecular weight excluding hydrogens is 276 g/mol. The molecule has 1 aromatic rings. The first-order valence-electron chi connectivity index (χ1n) is 5.71. The second-order valence-corrected chi connectivity index (χ2v) is 6.48. The fourth-order valence-corrected chi connectivity index (χ4v) is 4.09.